The molecule has 0 spiro atoms. The molecule has 3 fully saturated rings. The second kappa shape index (κ2) is 9.53. The lowest BCUT2D eigenvalue weighted by Crippen LogP contribution is -2.52. The number of hydrogen-bond donors (Lipinski definition) is 1. The molecule has 2 aromatic carbocycles. The van der Waals surface area contributed by atoms with E-state index in [4.69, 9.17) is 9.47 Å². The molecular formula is C27H34N2O3. The van der Waals surface area contributed by atoms with Crippen LogP contribution in [0.5, 0.6) is 5.75 Å². The Hall–Kier alpha value is -2.53. The fraction of sp³-hybridized carbons (Fsp3) is 0.519. The van der Waals surface area contributed by atoms with E-state index < -0.39 is 0 Å². The number of benzene rings is 2. The SMILES string of the molecule is CCCOc1ccc(-c2ccc3c(c2)C(NC(=O)O[C@@H]2CN4CCC2CC4)CCC3)cc1. The van der Waals surface area contributed by atoms with Crippen molar-refractivity contribution < 1.29 is 14.3 Å². The standard InChI is InChI=1S/C27H34N2O3/c1-2-16-31-23-10-8-19(9-11-23)22-7-6-20-4-3-5-25(24(20)17-22)28-27(30)32-26-18-29-14-12-21(26)13-15-29/h6-11,17,21,25-26H,2-5,12-16,18H2,1H3,(H,28,30)/t25?,26-/m1/s1. The maximum absolute atomic E-state index is 12.8. The topological polar surface area (TPSA) is 50.8 Å². The quantitative estimate of drug-likeness (QED) is 0.667. The summed E-state index contributed by atoms with van der Waals surface area (Å²) in [6, 6.07) is 15.0. The number of amides is 1. The highest BCUT2D eigenvalue weighted by Crippen LogP contribution is 2.34. The van der Waals surface area contributed by atoms with Crippen molar-refractivity contribution in [3.63, 3.8) is 0 Å². The Morgan fingerprint density at radius 2 is 1.84 bits per heavy atom. The molecule has 0 aromatic heterocycles. The molecule has 2 bridgehead atoms. The van der Waals surface area contributed by atoms with E-state index in [-0.39, 0.29) is 18.2 Å². The summed E-state index contributed by atoms with van der Waals surface area (Å²) in [7, 11) is 0. The Morgan fingerprint density at radius 1 is 1.06 bits per heavy atom. The third-order valence-electron chi connectivity index (χ3n) is 7.27. The molecule has 4 aliphatic rings. The fourth-order valence-corrected chi connectivity index (χ4v) is 5.45. The van der Waals surface area contributed by atoms with Gasteiger partial charge in [-0.1, -0.05) is 31.2 Å². The van der Waals surface area contributed by atoms with Gasteiger partial charge in [0.15, 0.2) is 0 Å². The van der Waals surface area contributed by atoms with Crippen LogP contribution in [0.1, 0.15) is 56.2 Å². The van der Waals surface area contributed by atoms with Gasteiger partial charge >= 0.3 is 6.09 Å². The smallest absolute Gasteiger partial charge is 0.407 e. The molecule has 3 heterocycles. The summed E-state index contributed by atoms with van der Waals surface area (Å²) in [6.45, 7) is 6.04. The monoisotopic (exact) mass is 434 g/mol. The Labute approximate surface area is 191 Å². The molecule has 1 N–H and O–H groups in total. The van der Waals surface area contributed by atoms with Crippen molar-refractivity contribution in [2.24, 2.45) is 5.92 Å². The van der Waals surface area contributed by atoms with Crippen LogP contribution in [0, 0.1) is 5.92 Å². The van der Waals surface area contributed by atoms with E-state index in [1.165, 1.54) is 16.7 Å². The van der Waals surface area contributed by atoms with Crippen molar-refractivity contribution in [1.29, 1.82) is 0 Å². The van der Waals surface area contributed by atoms with Gasteiger partial charge in [0.2, 0.25) is 0 Å². The van der Waals surface area contributed by atoms with Gasteiger partial charge in [0.1, 0.15) is 11.9 Å². The molecular weight excluding hydrogens is 400 g/mol. The summed E-state index contributed by atoms with van der Waals surface area (Å²) in [6.07, 6.45) is 6.18. The normalized spacial score (nSPS) is 26.3. The lowest BCUT2D eigenvalue weighted by atomic mass is 9.85. The van der Waals surface area contributed by atoms with Crippen LogP contribution in [0.15, 0.2) is 42.5 Å². The second-order valence-electron chi connectivity index (χ2n) is 9.46. The Bertz CT molecular complexity index is 934. The van der Waals surface area contributed by atoms with Crippen LogP contribution < -0.4 is 10.1 Å². The second-order valence-corrected chi connectivity index (χ2v) is 9.46. The van der Waals surface area contributed by atoms with Gasteiger partial charge in [-0.05, 0) is 98.0 Å². The van der Waals surface area contributed by atoms with E-state index in [0.717, 1.165) is 76.1 Å². The van der Waals surface area contributed by atoms with Gasteiger partial charge in [-0.3, -0.25) is 4.90 Å². The molecule has 1 aliphatic carbocycles. The van der Waals surface area contributed by atoms with Crippen molar-refractivity contribution >= 4 is 6.09 Å². The van der Waals surface area contributed by atoms with Gasteiger partial charge in [-0.2, -0.15) is 0 Å². The van der Waals surface area contributed by atoms with Crippen LogP contribution in [0.3, 0.4) is 0 Å². The fourth-order valence-electron chi connectivity index (χ4n) is 5.45. The molecule has 3 aliphatic heterocycles. The van der Waals surface area contributed by atoms with Crippen molar-refractivity contribution in [2.45, 2.75) is 57.6 Å². The van der Waals surface area contributed by atoms with E-state index in [1.54, 1.807) is 0 Å². The summed E-state index contributed by atoms with van der Waals surface area (Å²) < 4.78 is 11.6. The van der Waals surface area contributed by atoms with Crippen LogP contribution in [0.25, 0.3) is 11.1 Å². The average molecular weight is 435 g/mol. The Kier molecular flexibility index (Phi) is 6.35. The Morgan fingerprint density at radius 3 is 2.56 bits per heavy atom. The third kappa shape index (κ3) is 4.63. The third-order valence-corrected chi connectivity index (χ3v) is 7.27. The minimum absolute atomic E-state index is 0.0134. The molecule has 0 saturated carbocycles. The number of nitrogens with zero attached hydrogens (tertiary/aromatic N) is 1. The molecule has 32 heavy (non-hydrogen) atoms. The van der Waals surface area contributed by atoms with Crippen LogP contribution >= 0.6 is 0 Å². The van der Waals surface area contributed by atoms with Gasteiger partial charge in [0.05, 0.1) is 12.6 Å². The van der Waals surface area contributed by atoms with E-state index in [9.17, 15) is 4.79 Å². The molecule has 0 radical (unpaired) electrons. The van der Waals surface area contributed by atoms with E-state index in [2.05, 4.69) is 47.5 Å². The van der Waals surface area contributed by atoms with E-state index in [1.807, 2.05) is 12.1 Å². The van der Waals surface area contributed by atoms with Gasteiger partial charge in [-0.15, -0.1) is 0 Å². The maximum atomic E-state index is 12.8. The highest BCUT2D eigenvalue weighted by atomic mass is 16.6. The largest absolute Gasteiger partial charge is 0.494 e. The van der Waals surface area contributed by atoms with E-state index in [0.29, 0.717) is 5.92 Å². The molecule has 1 unspecified atom stereocenters. The summed E-state index contributed by atoms with van der Waals surface area (Å²) in [5, 5.41) is 3.19. The molecule has 170 valence electrons. The average Bonchev–Trinajstić information content (AvgIpc) is 2.84. The van der Waals surface area contributed by atoms with Crippen LogP contribution in [0.2, 0.25) is 0 Å². The summed E-state index contributed by atoms with van der Waals surface area (Å²) in [4.78, 5) is 15.2. The number of alkyl carbamates (subject to hydrolysis) is 1. The molecule has 5 heteroatoms. The first kappa shape index (κ1) is 21.3. The van der Waals surface area contributed by atoms with Crippen molar-refractivity contribution in [1.82, 2.24) is 10.2 Å². The van der Waals surface area contributed by atoms with Crippen LogP contribution in [0.4, 0.5) is 4.79 Å². The predicted molar refractivity (Wildman–Crippen MR) is 126 cm³/mol. The summed E-state index contributed by atoms with van der Waals surface area (Å²) in [5.74, 6) is 1.43. The molecule has 6 rings (SSSR count). The maximum Gasteiger partial charge on any atom is 0.407 e. The zero-order chi connectivity index (χ0) is 21.9. The Balaban J connectivity index is 1.28. The van der Waals surface area contributed by atoms with Gasteiger partial charge in [0, 0.05) is 6.54 Å². The molecule has 1 amide bonds. The lowest BCUT2D eigenvalue weighted by Gasteiger charge is -2.44. The van der Waals surface area contributed by atoms with Crippen LogP contribution in [-0.4, -0.2) is 43.3 Å². The van der Waals surface area contributed by atoms with Gasteiger partial charge < -0.3 is 14.8 Å². The van der Waals surface area contributed by atoms with Gasteiger partial charge in [0.25, 0.3) is 0 Å². The highest BCUT2D eigenvalue weighted by Gasteiger charge is 2.37. The lowest BCUT2D eigenvalue weighted by molar-refractivity contribution is -0.0340. The number of nitrogens with one attached hydrogen (secondary N) is 1. The number of hydrogen-bond acceptors (Lipinski definition) is 4. The number of fused-ring (bicyclic) bond motifs is 4. The first-order chi connectivity index (χ1) is 15.7. The highest BCUT2D eigenvalue weighted by molar-refractivity contribution is 5.70. The number of carbonyl (C=O) groups is 1. The summed E-state index contributed by atoms with van der Waals surface area (Å²) in [5.41, 5.74) is 4.89. The summed E-state index contributed by atoms with van der Waals surface area (Å²) >= 11 is 0. The minimum atomic E-state index is -0.260. The first-order valence-corrected chi connectivity index (χ1v) is 12.2. The minimum Gasteiger partial charge on any atom is -0.494 e. The number of aryl methyl sites for hydroxylation is 1. The molecule has 2 aromatic rings. The number of rotatable bonds is 6. The molecule has 2 atom stereocenters. The number of carbonyl (C=O) groups excluding carboxylic acids is 1. The first-order valence-electron chi connectivity index (χ1n) is 12.2. The number of ether oxygens (including phenoxy) is 2. The van der Waals surface area contributed by atoms with Crippen LogP contribution in [-0.2, 0) is 11.2 Å². The van der Waals surface area contributed by atoms with Gasteiger partial charge in [-0.25, -0.2) is 4.79 Å². The molecule has 5 nitrogen and oxygen atoms in total. The zero-order valence-electron chi connectivity index (χ0n) is 19.0. The zero-order valence-corrected chi connectivity index (χ0v) is 19.0. The van der Waals surface area contributed by atoms with Crippen molar-refractivity contribution in [3.8, 4) is 16.9 Å². The number of piperidine rings is 3. The van der Waals surface area contributed by atoms with Crippen molar-refractivity contribution in [3.05, 3.63) is 53.6 Å². The van der Waals surface area contributed by atoms with E-state index >= 15 is 0 Å². The van der Waals surface area contributed by atoms with Crippen molar-refractivity contribution in [2.75, 3.05) is 26.2 Å². The predicted octanol–water partition coefficient (Wildman–Crippen LogP) is 5.34. The molecule has 3 saturated heterocycles.